The van der Waals surface area contributed by atoms with E-state index in [1.807, 2.05) is 38.1 Å². The molecule has 4 nitrogen and oxygen atoms in total. The Bertz CT molecular complexity index is 720. The summed E-state index contributed by atoms with van der Waals surface area (Å²) in [6, 6.07) is 8.02. The van der Waals surface area contributed by atoms with Gasteiger partial charge in [-0.05, 0) is 76.3 Å². The molecule has 0 aliphatic heterocycles. The number of hydrogen-bond acceptors (Lipinski definition) is 2. The Morgan fingerprint density at radius 3 is 2.33 bits per heavy atom. The van der Waals surface area contributed by atoms with Crippen LogP contribution in [0, 0.1) is 11.8 Å². The van der Waals surface area contributed by atoms with Crippen LogP contribution < -0.4 is 10.6 Å². The number of amides is 2. The molecule has 166 valence electrons. The lowest BCUT2D eigenvalue weighted by atomic mass is 9.84. The number of carbonyl (C=O) groups is 2. The van der Waals surface area contributed by atoms with Crippen LogP contribution in [-0.2, 0) is 16.0 Å². The van der Waals surface area contributed by atoms with Crippen molar-refractivity contribution < 1.29 is 9.59 Å². The van der Waals surface area contributed by atoms with Crippen molar-refractivity contribution in [2.24, 2.45) is 11.8 Å². The van der Waals surface area contributed by atoms with E-state index in [0.717, 1.165) is 36.3 Å². The molecule has 2 amide bonds. The van der Waals surface area contributed by atoms with Crippen molar-refractivity contribution in [3.8, 4) is 0 Å². The Labute approximate surface area is 186 Å². The van der Waals surface area contributed by atoms with E-state index in [9.17, 15) is 9.59 Å². The molecule has 5 heteroatoms. The molecule has 1 aromatic carbocycles. The molecule has 1 aromatic rings. The van der Waals surface area contributed by atoms with Crippen LogP contribution in [0.15, 0.2) is 24.3 Å². The summed E-state index contributed by atoms with van der Waals surface area (Å²) < 4.78 is 0. The van der Waals surface area contributed by atoms with Crippen molar-refractivity contribution in [1.29, 1.82) is 0 Å². The molecule has 0 spiro atoms. The van der Waals surface area contributed by atoms with Crippen LogP contribution in [0.2, 0.25) is 5.02 Å². The minimum atomic E-state index is -0.354. The molecule has 0 aromatic heterocycles. The summed E-state index contributed by atoms with van der Waals surface area (Å²) in [5.74, 6) is 0.929. The lowest BCUT2D eigenvalue weighted by Gasteiger charge is -2.33. The van der Waals surface area contributed by atoms with Gasteiger partial charge >= 0.3 is 0 Å². The lowest BCUT2D eigenvalue weighted by molar-refractivity contribution is -0.127. The fourth-order valence-corrected chi connectivity index (χ4v) is 5.24. The third kappa shape index (κ3) is 7.01. The second-order valence-corrected chi connectivity index (χ2v) is 10.4. The number of benzene rings is 1. The van der Waals surface area contributed by atoms with Gasteiger partial charge in [0.2, 0.25) is 11.8 Å². The molecule has 0 saturated heterocycles. The maximum atomic E-state index is 12.8. The Morgan fingerprint density at radius 1 is 1.00 bits per heavy atom. The third-order valence-corrected chi connectivity index (χ3v) is 7.08. The number of hydrogen-bond donors (Lipinski definition) is 2. The summed E-state index contributed by atoms with van der Waals surface area (Å²) in [6.45, 7) is 4.09. The Morgan fingerprint density at radius 2 is 1.67 bits per heavy atom. The molecular formula is C25H37ClN2O2. The number of rotatable bonds is 7. The van der Waals surface area contributed by atoms with Gasteiger partial charge in [-0.15, -0.1) is 0 Å². The zero-order valence-electron chi connectivity index (χ0n) is 18.5. The van der Waals surface area contributed by atoms with Crippen LogP contribution in [-0.4, -0.2) is 23.4 Å². The predicted octanol–water partition coefficient (Wildman–Crippen LogP) is 5.42. The van der Waals surface area contributed by atoms with E-state index in [1.54, 1.807) is 0 Å². The normalized spacial score (nSPS) is 23.0. The molecular weight excluding hydrogens is 396 g/mol. The van der Waals surface area contributed by atoms with E-state index in [2.05, 4.69) is 10.6 Å². The highest BCUT2D eigenvalue weighted by molar-refractivity contribution is 6.31. The van der Waals surface area contributed by atoms with Crippen molar-refractivity contribution in [3.63, 3.8) is 0 Å². The van der Waals surface area contributed by atoms with Gasteiger partial charge in [0.05, 0.1) is 0 Å². The van der Waals surface area contributed by atoms with Crippen LogP contribution in [0.3, 0.4) is 0 Å². The first kappa shape index (κ1) is 23.1. The molecule has 0 heterocycles. The quantitative estimate of drug-likeness (QED) is 0.604. The summed E-state index contributed by atoms with van der Waals surface area (Å²) in [4.78, 5) is 25.2. The molecule has 30 heavy (non-hydrogen) atoms. The number of nitrogens with one attached hydrogen (secondary N) is 2. The first-order valence-corrected chi connectivity index (χ1v) is 12.0. The van der Waals surface area contributed by atoms with Gasteiger partial charge in [0.15, 0.2) is 0 Å². The molecule has 0 bridgehead atoms. The topological polar surface area (TPSA) is 58.2 Å². The third-order valence-electron chi connectivity index (χ3n) is 6.71. The Kier molecular flexibility index (Phi) is 8.21. The van der Waals surface area contributed by atoms with Crippen molar-refractivity contribution in [2.75, 3.05) is 0 Å². The van der Waals surface area contributed by atoms with Crippen LogP contribution in [0.25, 0.3) is 0 Å². The SMILES string of the molecule is CC(C)(Cc1ccccc1Cl)NC(=O)C1CCC(NC(=O)CC2CCCCC2)CC1. The molecule has 3 rings (SSSR count). The zero-order valence-corrected chi connectivity index (χ0v) is 19.3. The predicted molar refractivity (Wildman–Crippen MR) is 122 cm³/mol. The number of carbonyl (C=O) groups excluding carboxylic acids is 2. The highest BCUT2D eigenvalue weighted by Gasteiger charge is 2.31. The first-order valence-electron chi connectivity index (χ1n) is 11.7. The molecule has 0 unspecified atom stereocenters. The van der Waals surface area contributed by atoms with Crippen molar-refractivity contribution in [2.45, 2.75) is 96.1 Å². The van der Waals surface area contributed by atoms with E-state index < -0.39 is 0 Å². The van der Waals surface area contributed by atoms with Gasteiger partial charge in [-0.1, -0.05) is 49.1 Å². The van der Waals surface area contributed by atoms with E-state index >= 15 is 0 Å². The fourth-order valence-electron chi connectivity index (χ4n) is 5.04. The van der Waals surface area contributed by atoms with Crippen LogP contribution in [0.5, 0.6) is 0 Å². The van der Waals surface area contributed by atoms with Gasteiger partial charge in [0.25, 0.3) is 0 Å². The molecule has 0 radical (unpaired) electrons. The average Bonchev–Trinajstić information content (AvgIpc) is 2.70. The summed E-state index contributed by atoms with van der Waals surface area (Å²) in [6.07, 6.45) is 11.1. The minimum Gasteiger partial charge on any atom is -0.353 e. The maximum Gasteiger partial charge on any atom is 0.223 e. The minimum absolute atomic E-state index is 0.0296. The van der Waals surface area contributed by atoms with Crippen molar-refractivity contribution in [1.82, 2.24) is 10.6 Å². The van der Waals surface area contributed by atoms with Gasteiger partial charge in [-0.2, -0.15) is 0 Å². The largest absolute Gasteiger partial charge is 0.353 e. The van der Waals surface area contributed by atoms with Crippen LogP contribution in [0.4, 0.5) is 0 Å². The van der Waals surface area contributed by atoms with Crippen LogP contribution in [0.1, 0.15) is 83.6 Å². The van der Waals surface area contributed by atoms with Gasteiger partial charge in [0.1, 0.15) is 0 Å². The summed E-state index contributed by atoms with van der Waals surface area (Å²) in [7, 11) is 0. The van der Waals surface area contributed by atoms with E-state index in [-0.39, 0.29) is 29.3 Å². The molecule has 2 fully saturated rings. The summed E-state index contributed by atoms with van der Waals surface area (Å²) >= 11 is 6.29. The zero-order chi connectivity index (χ0) is 21.6. The molecule has 2 aliphatic carbocycles. The number of halogens is 1. The van der Waals surface area contributed by atoms with Gasteiger partial charge in [0, 0.05) is 28.9 Å². The van der Waals surface area contributed by atoms with Crippen LogP contribution >= 0.6 is 11.6 Å². The molecule has 2 N–H and O–H groups in total. The molecule has 2 aliphatic rings. The van der Waals surface area contributed by atoms with E-state index in [4.69, 9.17) is 11.6 Å². The lowest BCUT2D eigenvalue weighted by Crippen LogP contribution is -2.49. The van der Waals surface area contributed by atoms with Gasteiger partial charge < -0.3 is 10.6 Å². The fraction of sp³-hybridized carbons (Fsp3) is 0.680. The summed E-state index contributed by atoms with van der Waals surface area (Å²) in [5, 5.41) is 7.19. The second kappa shape index (κ2) is 10.7. The smallest absolute Gasteiger partial charge is 0.223 e. The Balaban J connectivity index is 1.41. The van der Waals surface area contributed by atoms with E-state index in [0.29, 0.717) is 18.8 Å². The monoisotopic (exact) mass is 432 g/mol. The summed E-state index contributed by atoms with van der Waals surface area (Å²) in [5.41, 5.74) is 0.696. The highest BCUT2D eigenvalue weighted by Crippen LogP contribution is 2.28. The van der Waals surface area contributed by atoms with Gasteiger partial charge in [-0.3, -0.25) is 9.59 Å². The van der Waals surface area contributed by atoms with Crippen molar-refractivity contribution in [3.05, 3.63) is 34.9 Å². The second-order valence-electron chi connectivity index (χ2n) is 9.97. The molecule has 2 saturated carbocycles. The highest BCUT2D eigenvalue weighted by atomic mass is 35.5. The standard InChI is InChI=1S/C25H37ClN2O2/c1-25(2,17-20-10-6-7-11-22(20)26)28-24(30)19-12-14-21(15-13-19)27-23(29)16-18-8-4-3-5-9-18/h6-7,10-11,18-19,21H,3-5,8-9,12-17H2,1-2H3,(H,27,29)(H,28,30). The van der Waals surface area contributed by atoms with Gasteiger partial charge in [-0.25, -0.2) is 0 Å². The Hall–Kier alpha value is -1.55. The van der Waals surface area contributed by atoms with Crippen molar-refractivity contribution >= 4 is 23.4 Å². The van der Waals surface area contributed by atoms with E-state index in [1.165, 1.54) is 32.1 Å². The molecule has 0 atom stereocenters. The maximum absolute atomic E-state index is 12.8. The average molecular weight is 433 g/mol. The first-order chi connectivity index (χ1) is 14.3.